The van der Waals surface area contributed by atoms with E-state index in [1.54, 1.807) is 0 Å². The molecule has 3 unspecified atom stereocenters. The van der Waals surface area contributed by atoms with Gasteiger partial charge < -0.3 is 5.11 Å². The van der Waals surface area contributed by atoms with Gasteiger partial charge in [-0.1, -0.05) is 42.7 Å². The van der Waals surface area contributed by atoms with Gasteiger partial charge >= 0.3 is 0 Å². The van der Waals surface area contributed by atoms with Gasteiger partial charge in [-0.15, -0.1) is 0 Å². The molecule has 17 heavy (non-hydrogen) atoms. The van der Waals surface area contributed by atoms with Crippen LogP contribution in [0.25, 0.3) is 0 Å². The number of benzene rings is 1. The van der Waals surface area contributed by atoms with E-state index in [1.165, 1.54) is 36.8 Å². The molecule has 1 nitrogen and oxygen atoms in total. The van der Waals surface area contributed by atoms with E-state index in [1.807, 2.05) is 0 Å². The maximum absolute atomic E-state index is 10.4. The summed E-state index contributed by atoms with van der Waals surface area (Å²) in [4.78, 5) is 0. The average molecular weight is 230 g/mol. The number of rotatable bonds is 3. The van der Waals surface area contributed by atoms with E-state index in [-0.39, 0.29) is 6.10 Å². The summed E-state index contributed by atoms with van der Waals surface area (Å²) in [5.41, 5.74) is 2.59. The Kier molecular flexibility index (Phi) is 2.96. The fraction of sp³-hybridized carbons (Fsp3) is 0.625. The quantitative estimate of drug-likeness (QED) is 0.844. The van der Waals surface area contributed by atoms with E-state index in [0.717, 1.165) is 18.3 Å². The highest BCUT2D eigenvalue weighted by molar-refractivity contribution is 5.23. The first-order valence-electron chi connectivity index (χ1n) is 6.99. The van der Waals surface area contributed by atoms with E-state index < -0.39 is 0 Å². The predicted molar refractivity (Wildman–Crippen MR) is 69.8 cm³/mol. The lowest BCUT2D eigenvalue weighted by Crippen LogP contribution is -2.15. The zero-order valence-corrected chi connectivity index (χ0v) is 10.6. The lowest BCUT2D eigenvalue weighted by Gasteiger charge is -2.11. The number of hydrogen-bond donors (Lipinski definition) is 1. The normalized spacial score (nSPS) is 32.9. The minimum atomic E-state index is -0.107. The molecule has 2 aliphatic rings. The second-order valence-electron chi connectivity index (χ2n) is 5.95. The molecule has 1 aromatic rings. The van der Waals surface area contributed by atoms with Crippen LogP contribution in [-0.2, 0) is 6.42 Å². The molecule has 0 bridgehead atoms. The largest absolute Gasteiger partial charge is 0.392 e. The van der Waals surface area contributed by atoms with Crippen LogP contribution in [0.2, 0.25) is 0 Å². The fourth-order valence-electron chi connectivity index (χ4n) is 3.84. The molecular formula is C16H22O. The highest BCUT2D eigenvalue weighted by Gasteiger charge is 2.53. The maximum atomic E-state index is 10.4. The number of aliphatic hydroxyl groups is 1. The van der Waals surface area contributed by atoms with Crippen molar-refractivity contribution in [3.8, 4) is 0 Å². The molecule has 0 spiro atoms. The van der Waals surface area contributed by atoms with Gasteiger partial charge in [0.05, 0.1) is 6.10 Å². The summed E-state index contributed by atoms with van der Waals surface area (Å²) in [5.74, 6) is 2.31. The lowest BCUT2D eigenvalue weighted by atomic mass is 10.0. The van der Waals surface area contributed by atoms with Crippen LogP contribution >= 0.6 is 0 Å². The van der Waals surface area contributed by atoms with Crippen LogP contribution in [0.1, 0.15) is 36.8 Å². The molecular weight excluding hydrogens is 208 g/mol. The van der Waals surface area contributed by atoms with Gasteiger partial charge in [-0.2, -0.15) is 0 Å². The fourth-order valence-corrected chi connectivity index (χ4v) is 3.84. The van der Waals surface area contributed by atoms with Crippen molar-refractivity contribution in [2.45, 2.75) is 45.1 Å². The van der Waals surface area contributed by atoms with Crippen LogP contribution in [0.5, 0.6) is 0 Å². The van der Waals surface area contributed by atoms with Crippen molar-refractivity contribution in [2.24, 2.45) is 17.8 Å². The van der Waals surface area contributed by atoms with Gasteiger partial charge in [-0.05, 0) is 49.5 Å². The molecule has 92 valence electrons. The molecule has 0 amide bonds. The molecule has 1 N–H and O–H groups in total. The summed E-state index contributed by atoms with van der Waals surface area (Å²) in [6.07, 6.45) is 6.23. The Morgan fingerprint density at radius 3 is 2.59 bits per heavy atom. The molecule has 1 aromatic carbocycles. The number of hydrogen-bond acceptors (Lipinski definition) is 1. The summed E-state index contributed by atoms with van der Waals surface area (Å²) in [7, 11) is 0. The summed E-state index contributed by atoms with van der Waals surface area (Å²) >= 11 is 0. The molecule has 1 heteroatoms. The van der Waals surface area contributed by atoms with Crippen LogP contribution in [0, 0.1) is 24.7 Å². The van der Waals surface area contributed by atoms with Crippen molar-refractivity contribution in [1.29, 1.82) is 0 Å². The van der Waals surface area contributed by atoms with Crippen molar-refractivity contribution in [3.63, 3.8) is 0 Å². The van der Waals surface area contributed by atoms with Gasteiger partial charge in [-0.25, -0.2) is 0 Å². The Balaban J connectivity index is 1.62. The van der Waals surface area contributed by atoms with Crippen molar-refractivity contribution in [2.75, 3.05) is 0 Å². The predicted octanol–water partition coefficient (Wildman–Crippen LogP) is 3.33. The Morgan fingerprint density at radius 2 is 1.94 bits per heavy atom. The molecule has 0 aliphatic heterocycles. The van der Waals surface area contributed by atoms with Gasteiger partial charge in [0, 0.05) is 0 Å². The SMILES string of the molecule is Cc1cccc(CC(O)C2C3CCCCC32)c1. The van der Waals surface area contributed by atoms with E-state index in [2.05, 4.69) is 31.2 Å². The third kappa shape index (κ3) is 2.26. The van der Waals surface area contributed by atoms with Gasteiger partial charge in [0.15, 0.2) is 0 Å². The summed E-state index contributed by atoms with van der Waals surface area (Å²) in [6.45, 7) is 2.12. The van der Waals surface area contributed by atoms with Gasteiger partial charge in [0.1, 0.15) is 0 Å². The van der Waals surface area contributed by atoms with E-state index in [4.69, 9.17) is 0 Å². The zero-order valence-electron chi connectivity index (χ0n) is 10.6. The van der Waals surface area contributed by atoms with E-state index in [9.17, 15) is 5.11 Å². The molecule has 3 rings (SSSR count). The van der Waals surface area contributed by atoms with Crippen molar-refractivity contribution < 1.29 is 5.11 Å². The third-order valence-corrected chi connectivity index (χ3v) is 4.69. The first kappa shape index (κ1) is 11.3. The lowest BCUT2D eigenvalue weighted by molar-refractivity contribution is 0.140. The Labute approximate surface area is 104 Å². The molecule has 0 saturated heterocycles. The minimum absolute atomic E-state index is 0.107. The second-order valence-corrected chi connectivity index (χ2v) is 5.95. The monoisotopic (exact) mass is 230 g/mol. The molecule has 3 atom stereocenters. The smallest absolute Gasteiger partial charge is 0.0614 e. The molecule has 0 aromatic heterocycles. The van der Waals surface area contributed by atoms with Crippen LogP contribution in [0.4, 0.5) is 0 Å². The highest BCUT2D eigenvalue weighted by atomic mass is 16.3. The zero-order chi connectivity index (χ0) is 11.8. The van der Waals surface area contributed by atoms with Crippen molar-refractivity contribution >= 4 is 0 Å². The van der Waals surface area contributed by atoms with Crippen molar-refractivity contribution in [3.05, 3.63) is 35.4 Å². The Hall–Kier alpha value is -0.820. The standard InChI is InChI=1S/C16H22O/c1-11-5-4-6-12(9-11)10-15(17)16-13-7-2-3-8-14(13)16/h4-6,9,13-17H,2-3,7-8,10H2,1H3. The molecule has 0 radical (unpaired) electrons. The van der Waals surface area contributed by atoms with E-state index >= 15 is 0 Å². The van der Waals surface area contributed by atoms with E-state index in [0.29, 0.717) is 5.92 Å². The molecule has 2 saturated carbocycles. The van der Waals surface area contributed by atoms with Crippen LogP contribution in [0.15, 0.2) is 24.3 Å². The third-order valence-electron chi connectivity index (χ3n) is 4.69. The van der Waals surface area contributed by atoms with Crippen LogP contribution in [0.3, 0.4) is 0 Å². The Bertz CT molecular complexity index is 386. The average Bonchev–Trinajstić information content (AvgIpc) is 3.03. The van der Waals surface area contributed by atoms with Gasteiger partial charge in [-0.3, -0.25) is 0 Å². The number of aryl methyl sites for hydroxylation is 1. The molecule has 0 heterocycles. The van der Waals surface area contributed by atoms with Crippen LogP contribution < -0.4 is 0 Å². The van der Waals surface area contributed by atoms with Gasteiger partial charge in [0.2, 0.25) is 0 Å². The maximum Gasteiger partial charge on any atom is 0.0614 e. The molecule has 2 aliphatic carbocycles. The summed E-state index contributed by atoms with van der Waals surface area (Å²) in [6, 6.07) is 8.56. The first-order chi connectivity index (χ1) is 8.25. The Morgan fingerprint density at radius 1 is 1.24 bits per heavy atom. The summed E-state index contributed by atoms with van der Waals surface area (Å²) < 4.78 is 0. The summed E-state index contributed by atoms with van der Waals surface area (Å²) in [5, 5.41) is 10.4. The number of fused-ring (bicyclic) bond motifs is 1. The second kappa shape index (κ2) is 4.45. The van der Waals surface area contributed by atoms with Crippen molar-refractivity contribution in [1.82, 2.24) is 0 Å². The minimum Gasteiger partial charge on any atom is -0.392 e. The first-order valence-corrected chi connectivity index (χ1v) is 6.99. The molecule has 2 fully saturated rings. The topological polar surface area (TPSA) is 20.2 Å². The number of aliphatic hydroxyl groups excluding tert-OH is 1. The van der Waals surface area contributed by atoms with Crippen LogP contribution in [-0.4, -0.2) is 11.2 Å². The highest BCUT2D eigenvalue weighted by Crippen LogP contribution is 2.57. The van der Waals surface area contributed by atoms with Gasteiger partial charge in [0.25, 0.3) is 0 Å².